The summed E-state index contributed by atoms with van der Waals surface area (Å²) in [5, 5.41) is 0. The zero-order valence-electron chi connectivity index (χ0n) is 9.35. The molecule has 0 aromatic heterocycles. The third-order valence-electron chi connectivity index (χ3n) is 2.80. The largest absolute Gasteiger partial charge is 0.443 e. The van der Waals surface area contributed by atoms with Gasteiger partial charge in [0.1, 0.15) is 6.10 Å². The second kappa shape index (κ2) is 4.53. The Bertz CT molecular complexity index is 392. The summed E-state index contributed by atoms with van der Waals surface area (Å²) in [5.41, 5.74) is 7.59. The lowest BCUT2D eigenvalue weighted by Gasteiger charge is -2.16. The van der Waals surface area contributed by atoms with E-state index < -0.39 is 0 Å². The molecule has 0 radical (unpaired) electrons. The van der Waals surface area contributed by atoms with Gasteiger partial charge in [0.15, 0.2) is 0 Å². The van der Waals surface area contributed by atoms with Crippen LogP contribution in [0, 0.1) is 0 Å². The Morgan fingerprint density at radius 1 is 1.50 bits per heavy atom. The maximum atomic E-state index is 11.7. The molecule has 1 aromatic rings. The number of nitrogens with zero attached hydrogens (tertiary/aromatic N) is 1. The van der Waals surface area contributed by atoms with Gasteiger partial charge in [0, 0.05) is 6.54 Å². The lowest BCUT2D eigenvalue weighted by molar-refractivity contribution is 0.145. The second-order valence-corrected chi connectivity index (χ2v) is 3.83. The maximum Gasteiger partial charge on any atom is 0.414 e. The van der Waals surface area contributed by atoms with E-state index in [2.05, 4.69) is 6.92 Å². The molecular formula is C12H16N2O2. The molecule has 2 rings (SSSR count). The molecule has 0 spiro atoms. The Kier molecular flexibility index (Phi) is 3.10. The second-order valence-electron chi connectivity index (χ2n) is 3.83. The summed E-state index contributed by atoms with van der Waals surface area (Å²) in [7, 11) is 0. The Morgan fingerprint density at radius 2 is 2.25 bits per heavy atom. The summed E-state index contributed by atoms with van der Waals surface area (Å²) in [6, 6.07) is 7.87. The summed E-state index contributed by atoms with van der Waals surface area (Å²) in [6.45, 7) is 2.99. The first-order valence-corrected chi connectivity index (χ1v) is 5.52. The monoisotopic (exact) mass is 220 g/mol. The minimum absolute atomic E-state index is 0.183. The third kappa shape index (κ3) is 1.88. The highest BCUT2D eigenvalue weighted by Crippen LogP contribution is 2.25. The summed E-state index contributed by atoms with van der Waals surface area (Å²) in [4.78, 5) is 13.3. The standard InChI is InChI=1S/C12H16N2O2/c1-2-9-5-3-4-6-11(9)14-8-10(7-13)16-12(14)15/h3-6,10H,2,7-8,13H2,1H3. The first-order chi connectivity index (χ1) is 7.76. The predicted molar refractivity (Wildman–Crippen MR) is 62.5 cm³/mol. The van der Waals surface area contributed by atoms with Crippen molar-refractivity contribution in [3.63, 3.8) is 0 Å². The minimum atomic E-state index is -0.295. The minimum Gasteiger partial charge on any atom is -0.443 e. The van der Waals surface area contributed by atoms with Crippen LogP contribution in [0.1, 0.15) is 12.5 Å². The molecule has 0 saturated carbocycles. The van der Waals surface area contributed by atoms with Crippen molar-refractivity contribution in [2.45, 2.75) is 19.4 Å². The number of hydrogen-bond acceptors (Lipinski definition) is 3. The molecule has 0 aliphatic carbocycles. The van der Waals surface area contributed by atoms with E-state index in [0.717, 1.165) is 17.7 Å². The van der Waals surface area contributed by atoms with Crippen molar-refractivity contribution in [2.75, 3.05) is 18.0 Å². The Labute approximate surface area is 95.0 Å². The first kappa shape index (κ1) is 11.0. The summed E-state index contributed by atoms with van der Waals surface area (Å²) in [5.74, 6) is 0. The van der Waals surface area contributed by atoms with Gasteiger partial charge in [0.25, 0.3) is 0 Å². The SMILES string of the molecule is CCc1ccccc1N1CC(CN)OC1=O. The van der Waals surface area contributed by atoms with E-state index in [-0.39, 0.29) is 12.2 Å². The number of carbonyl (C=O) groups excluding carboxylic acids is 1. The lowest BCUT2D eigenvalue weighted by atomic mass is 10.1. The fourth-order valence-corrected chi connectivity index (χ4v) is 1.91. The van der Waals surface area contributed by atoms with Gasteiger partial charge in [-0.2, -0.15) is 0 Å². The molecule has 1 atom stereocenters. The fraction of sp³-hybridized carbons (Fsp3) is 0.417. The molecule has 1 saturated heterocycles. The number of benzene rings is 1. The van der Waals surface area contributed by atoms with Crippen molar-refractivity contribution >= 4 is 11.8 Å². The molecule has 16 heavy (non-hydrogen) atoms. The summed E-state index contributed by atoms with van der Waals surface area (Å²) >= 11 is 0. The van der Waals surface area contributed by atoms with Crippen molar-refractivity contribution in [3.05, 3.63) is 29.8 Å². The average Bonchev–Trinajstić information content (AvgIpc) is 2.70. The maximum absolute atomic E-state index is 11.7. The van der Waals surface area contributed by atoms with E-state index in [1.165, 1.54) is 0 Å². The van der Waals surface area contributed by atoms with E-state index in [1.54, 1.807) is 4.90 Å². The normalized spacial score (nSPS) is 20.0. The van der Waals surface area contributed by atoms with Gasteiger partial charge in [-0.05, 0) is 18.1 Å². The van der Waals surface area contributed by atoms with E-state index in [0.29, 0.717) is 13.1 Å². The molecule has 1 aromatic carbocycles. The number of anilines is 1. The van der Waals surface area contributed by atoms with Crippen LogP contribution in [0.15, 0.2) is 24.3 Å². The molecular weight excluding hydrogens is 204 g/mol. The van der Waals surface area contributed by atoms with Crippen LogP contribution in [0.2, 0.25) is 0 Å². The van der Waals surface area contributed by atoms with Gasteiger partial charge >= 0.3 is 6.09 Å². The van der Waals surface area contributed by atoms with Crippen LogP contribution in [0.4, 0.5) is 10.5 Å². The number of cyclic esters (lactones) is 1. The number of ether oxygens (including phenoxy) is 1. The van der Waals surface area contributed by atoms with Gasteiger partial charge in [-0.3, -0.25) is 4.90 Å². The topological polar surface area (TPSA) is 55.6 Å². The number of nitrogens with two attached hydrogens (primary N) is 1. The molecule has 1 unspecified atom stereocenters. The van der Waals surface area contributed by atoms with Crippen molar-refractivity contribution in [3.8, 4) is 0 Å². The summed E-state index contributed by atoms with van der Waals surface area (Å²) in [6.07, 6.45) is 0.418. The van der Waals surface area contributed by atoms with Crippen LogP contribution < -0.4 is 10.6 Å². The third-order valence-corrected chi connectivity index (χ3v) is 2.80. The molecule has 4 nitrogen and oxygen atoms in total. The molecule has 4 heteroatoms. The molecule has 86 valence electrons. The lowest BCUT2D eigenvalue weighted by Crippen LogP contribution is -2.28. The van der Waals surface area contributed by atoms with Gasteiger partial charge < -0.3 is 10.5 Å². The Morgan fingerprint density at radius 3 is 2.88 bits per heavy atom. The van der Waals surface area contributed by atoms with Gasteiger partial charge in [-0.25, -0.2) is 4.79 Å². The number of amides is 1. The van der Waals surface area contributed by atoms with Crippen LogP contribution in [0.3, 0.4) is 0 Å². The van der Waals surface area contributed by atoms with E-state index in [4.69, 9.17) is 10.5 Å². The first-order valence-electron chi connectivity index (χ1n) is 5.52. The molecule has 0 bridgehead atoms. The quantitative estimate of drug-likeness (QED) is 0.840. The van der Waals surface area contributed by atoms with Crippen molar-refractivity contribution in [2.24, 2.45) is 5.73 Å². The van der Waals surface area contributed by atoms with E-state index in [1.807, 2.05) is 24.3 Å². The zero-order valence-corrected chi connectivity index (χ0v) is 9.35. The number of aryl methyl sites for hydroxylation is 1. The average molecular weight is 220 g/mol. The smallest absolute Gasteiger partial charge is 0.414 e. The van der Waals surface area contributed by atoms with Crippen LogP contribution in [0.5, 0.6) is 0 Å². The van der Waals surface area contributed by atoms with Crippen LogP contribution in [-0.4, -0.2) is 25.3 Å². The number of rotatable bonds is 3. The highest BCUT2D eigenvalue weighted by molar-refractivity contribution is 5.90. The van der Waals surface area contributed by atoms with Gasteiger partial charge in [0.2, 0.25) is 0 Å². The molecule has 1 amide bonds. The predicted octanol–water partition coefficient (Wildman–Crippen LogP) is 1.53. The summed E-state index contributed by atoms with van der Waals surface area (Å²) < 4.78 is 5.14. The van der Waals surface area contributed by atoms with Gasteiger partial charge in [-0.15, -0.1) is 0 Å². The highest BCUT2D eigenvalue weighted by Gasteiger charge is 2.32. The van der Waals surface area contributed by atoms with Crippen molar-refractivity contribution in [1.29, 1.82) is 0 Å². The Balaban J connectivity index is 2.27. The number of carbonyl (C=O) groups is 1. The van der Waals surface area contributed by atoms with Crippen LogP contribution >= 0.6 is 0 Å². The van der Waals surface area contributed by atoms with E-state index >= 15 is 0 Å². The number of hydrogen-bond donors (Lipinski definition) is 1. The van der Waals surface area contributed by atoms with Crippen LogP contribution in [-0.2, 0) is 11.2 Å². The number of para-hydroxylation sites is 1. The van der Waals surface area contributed by atoms with E-state index in [9.17, 15) is 4.79 Å². The Hall–Kier alpha value is -1.55. The van der Waals surface area contributed by atoms with Gasteiger partial charge in [-0.1, -0.05) is 25.1 Å². The molecule has 1 fully saturated rings. The molecule has 1 aliphatic rings. The van der Waals surface area contributed by atoms with Crippen molar-refractivity contribution < 1.29 is 9.53 Å². The highest BCUT2D eigenvalue weighted by atomic mass is 16.6. The van der Waals surface area contributed by atoms with Gasteiger partial charge in [0.05, 0.1) is 12.2 Å². The zero-order chi connectivity index (χ0) is 11.5. The molecule has 2 N–H and O–H groups in total. The van der Waals surface area contributed by atoms with Crippen molar-refractivity contribution in [1.82, 2.24) is 0 Å². The molecule has 1 heterocycles. The molecule has 1 aliphatic heterocycles. The van der Waals surface area contributed by atoms with Crippen LogP contribution in [0.25, 0.3) is 0 Å². The fourth-order valence-electron chi connectivity index (χ4n) is 1.91.